The van der Waals surface area contributed by atoms with E-state index in [4.69, 9.17) is 0 Å². The number of amides is 1. The van der Waals surface area contributed by atoms with Crippen LogP contribution in [0, 0.1) is 5.41 Å². The van der Waals surface area contributed by atoms with Crippen LogP contribution in [-0.2, 0) is 4.79 Å². The molecule has 0 aromatic rings. The van der Waals surface area contributed by atoms with Crippen molar-refractivity contribution in [3.63, 3.8) is 0 Å². The third-order valence-electron chi connectivity index (χ3n) is 3.52. The molecule has 0 radical (unpaired) electrons. The van der Waals surface area contributed by atoms with Crippen molar-refractivity contribution < 1.29 is 4.79 Å². The Morgan fingerprint density at radius 2 is 2.20 bits per heavy atom. The van der Waals surface area contributed by atoms with Crippen molar-refractivity contribution in [3.05, 3.63) is 0 Å². The van der Waals surface area contributed by atoms with Crippen LogP contribution in [0.25, 0.3) is 0 Å². The van der Waals surface area contributed by atoms with Crippen LogP contribution in [0.3, 0.4) is 0 Å². The molecule has 3 nitrogen and oxygen atoms in total. The Morgan fingerprint density at radius 1 is 1.47 bits per heavy atom. The second kappa shape index (κ2) is 4.74. The minimum absolute atomic E-state index is 0.126. The summed E-state index contributed by atoms with van der Waals surface area (Å²) in [5, 5.41) is 6.51. The van der Waals surface area contributed by atoms with Gasteiger partial charge in [-0.3, -0.25) is 4.79 Å². The minimum Gasteiger partial charge on any atom is -0.352 e. The van der Waals surface area contributed by atoms with E-state index in [0.717, 1.165) is 38.1 Å². The van der Waals surface area contributed by atoms with Gasteiger partial charge in [-0.25, -0.2) is 0 Å². The van der Waals surface area contributed by atoms with E-state index in [2.05, 4.69) is 17.6 Å². The summed E-state index contributed by atoms with van der Waals surface area (Å²) in [4.78, 5) is 12.1. The van der Waals surface area contributed by atoms with Gasteiger partial charge in [-0.05, 0) is 38.1 Å². The molecule has 0 saturated carbocycles. The van der Waals surface area contributed by atoms with E-state index in [1.54, 1.807) is 0 Å². The van der Waals surface area contributed by atoms with Gasteiger partial charge in [0, 0.05) is 17.2 Å². The van der Waals surface area contributed by atoms with Crippen molar-refractivity contribution in [2.24, 2.45) is 5.41 Å². The highest BCUT2D eigenvalue weighted by atomic mass is 32.2. The number of carbonyl (C=O) groups excluding carboxylic acids is 1. The first-order valence-corrected chi connectivity index (χ1v) is 6.96. The van der Waals surface area contributed by atoms with Crippen LogP contribution in [0.4, 0.5) is 0 Å². The van der Waals surface area contributed by atoms with Crippen molar-refractivity contribution in [2.75, 3.05) is 24.6 Å². The van der Waals surface area contributed by atoms with Gasteiger partial charge in [-0.1, -0.05) is 6.92 Å². The molecule has 4 heteroatoms. The molecule has 2 fully saturated rings. The van der Waals surface area contributed by atoms with Gasteiger partial charge >= 0.3 is 0 Å². The minimum atomic E-state index is -0.126. The molecule has 2 aliphatic heterocycles. The largest absolute Gasteiger partial charge is 0.352 e. The van der Waals surface area contributed by atoms with Crippen molar-refractivity contribution in [2.45, 2.75) is 32.2 Å². The molecule has 1 unspecified atom stereocenters. The van der Waals surface area contributed by atoms with Crippen LogP contribution in [0.5, 0.6) is 0 Å². The molecule has 0 aliphatic carbocycles. The summed E-state index contributed by atoms with van der Waals surface area (Å²) >= 11 is 1.94. The molecule has 0 aromatic carbocycles. The highest BCUT2D eigenvalue weighted by Crippen LogP contribution is 2.29. The van der Waals surface area contributed by atoms with Gasteiger partial charge in [0.25, 0.3) is 0 Å². The van der Waals surface area contributed by atoms with Crippen LogP contribution in [0.2, 0.25) is 0 Å². The van der Waals surface area contributed by atoms with Gasteiger partial charge in [-0.15, -0.1) is 0 Å². The summed E-state index contributed by atoms with van der Waals surface area (Å²) in [6.45, 7) is 4.05. The first-order valence-electron chi connectivity index (χ1n) is 5.80. The summed E-state index contributed by atoms with van der Waals surface area (Å²) in [6.07, 6.45) is 3.09. The van der Waals surface area contributed by atoms with Crippen LogP contribution < -0.4 is 10.6 Å². The van der Waals surface area contributed by atoms with Crippen LogP contribution in [0.1, 0.15) is 26.2 Å². The monoisotopic (exact) mass is 228 g/mol. The van der Waals surface area contributed by atoms with Crippen LogP contribution in [-0.4, -0.2) is 36.5 Å². The molecule has 0 aromatic heterocycles. The van der Waals surface area contributed by atoms with Crippen molar-refractivity contribution in [3.8, 4) is 0 Å². The number of hydrogen-bond acceptors (Lipinski definition) is 3. The molecular formula is C11H20N2OS. The molecule has 0 bridgehead atoms. The van der Waals surface area contributed by atoms with E-state index < -0.39 is 0 Å². The van der Waals surface area contributed by atoms with Crippen LogP contribution in [0.15, 0.2) is 0 Å². The molecule has 2 rings (SSSR count). The molecule has 0 spiro atoms. The highest BCUT2D eigenvalue weighted by molar-refractivity contribution is 7.99. The zero-order valence-corrected chi connectivity index (χ0v) is 10.2. The van der Waals surface area contributed by atoms with E-state index in [9.17, 15) is 4.79 Å². The van der Waals surface area contributed by atoms with E-state index >= 15 is 0 Å². The quantitative estimate of drug-likeness (QED) is 0.741. The number of hydrogen-bond donors (Lipinski definition) is 2. The lowest BCUT2D eigenvalue weighted by Gasteiger charge is -2.33. The number of piperidine rings is 1. The van der Waals surface area contributed by atoms with Gasteiger partial charge in [0.2, 0.25) is 5.91 Å². The maximum absolute atomic E-state index is 12.1. The van der Waals surface area contributed by atoms with Crippen molar-refractivity contribution >= 4 is 17.7 Å². The Kier molecular flexibility index (Phi) is 3.57. The topological polar surface area (TPSA) is 41.1 Å². The van der Waals surface area contributed by atoms with Gasteiger partial charge < -0.3 is 10.6 Å². The molecule has 1 amide bonds. The maximum Gasteiger partial charge on any atom is 0.226 e. The number of nitrogens with one attached hydrogen (secondary N) is 2. The van der Waals surface area contributed by atoms with Crippen LogP contribution >= 0.6 is 11.8 Å². The highest BCUT2D eigenvalue weighted by Gasteiger charge is 2.35. The third kappa shape index (κ3) is 2.67. The predicted molar refractivity (Wildman–Crippen MR) is 64.1 cm³/mol. The van der Waals surface area contributed by atoms with Gasteiger partial charge in [0.05, 0.1) is 0 Å². The number of thioether (sulfide) groups is 1. The summed E-state index contributed by atoms with van der Waals surface area (Å²) in [5.41, 5.74) is -0.126. The van der Waals surface area contributed by atoms with E-state index in [1.807, 2.05) is 11.8 Å². The average molecular weight is 228 g/mol. The Bertz CT molecular complexity index is 233. The second-order valence-electron chi connectivity index (χ2n) is 4.84. The summed E-state index contributed by atoms with van der Waals surface area (Å²) < 4.78 is 0. The Balaban J connectivity index is 1.87. The van der Waals surface area contributed by atoms with Gasteiger partial charge in [0.15, 0.2) is 0 Å². The lowest BCUT2D eigenvalue weighted by Crippen LogP contribution is -2.48. The van der Waals surface area contributed by atoms with Crippen molar-refractivity contribution in [1.82, 2.24) is 10.6 Å². The number of rotatable bonds is 2. The zero-order valence-electron chi connectivity index (χ0n) is 9.34. The lowest BCUT2D eigenvalue weighted by atomic mass is 9.80. The van der Waals surface area contributed by atoms with Gasteiger partial charge in [-0.2, -0.15) is 11.8 Å². The normalized spacial score (nSPS) is 30.1. The average Bonchev–Trinajstić information content (AvgIpc) is 2.71. The molecule has 2 heterocycles. The van der Waals surface area contributed by atoms with Gasteiger partial charge in [0.1, 0.15) is 0 Å². The molecule has 2 N–H and O–H groups in total. The zero-order chi connectivity index (χ0) is 10.7. The molecule has 86 valence electrons. The maximum atomic E-state index is 12.1. The van der Waals surface area contributed by atoms with E-state index in [-0.39, 0.29) is 11.3 Å². The van der Waals surface area contributed by atoms with E-state index in [0.29, 0.717) is 6.04 Å². The fourth-order valence-corrected chi connectivity index (χ4v) is 3.37. The fraction of sp³-hybridized carbons (Fsp3) is 0.909. The summed E-state index contributed by atoms with van der Waals surface area (Å²) in [5.74, 6) is 2.57. The molecule has 15 heavy (non-hydrogen) atoms. The molecule has 2 aliphatic rings. The summed E-state index contributed by atoms with van der Waals surface area (Å²) in [7, 11) is 0. The van der Waals surface area contributed by atoms with E-state index in [1.165, 1.54) is 5.75 Å². The first kappa shape index (κ1) is 11.3. The predicted octanol–water partition coefficient (Wildman–Crippen LogP) is 0.998. The smallest absolute Gasteiger partial charge is 0.226 e. The molecule has 2 saturated heterocycles. The first-order chi connectivity index (χ1) is 7.21. The Labute approximate surface area is 95.8 Å². The molecular weight excluding hydrogens is 208 g/mol. The Hall–Kier alpha value is -0.220. The second-order valence-corrected chi connectivity index (χ2v) is 5.99. The fourth-order valence-electron chi connectivity index (χ4n) is 2.21. The van der Waals surface area contributed by atoms with Crippen molar-refractivity contribution in [1.29, 1.82) is 0 Å². The standard InChI is InChI=1S/C11H20N2OS/c1-11(3-5-12-6-4-11)10(14)13-9-2-7-15-8-9/h9,12H,2-8H2,1H3,(H,13,14). The number of carbonyl (C=O) groups is 1. The Morgan fingerprint density at radius 3 is 2.80 bits per heavy atom. The molecule has 1 atom stereocenters. The third-order valence-corrected chi connectivity index (χ3v) is 4.68. The SMILES string of the molecule is CC1(C(=O)NC2CCSC2)CCNCC1. The summed E-state index contributed by atoms with van der Waals surface area (Å²) in [6, 6.07) is 0.425. The lowest BCUT2D eigenvalue weighted by molar-refractivity contribution is -0.132.